The first-order valence-corrected chi connectivity index (χ1v) is 6.46. The molecule has 2 N–H and O–H groups in total. The lowest BCUT2D eigenvalue weighted by Crippen LogP contribution is -2.54. The van der Waals surface area contributed by atoms with Gasteiger partial charge in [-0.3, -0.25) is 4.90 Å². The molecule has 88 valence electrons. The zero-order chi connectivity index (χ0) is 10.7. The van der Waals surface area contributed by atoms with Crippen LogP contribution in [0.15, 0.2) is 0 Å². The Morgan fingerprint density at radius 2 is 2.07 bits per heavy atom. The van der Waals surface area contributed by atoms with Crippen molar-refractivity contribution in [2.75, 3.05) is 39.3 Å². The smallest absolute Gasteiger partial charge is 0.0195 e. The van der Waals surface area contributed by atoms with Gasteiger partial charge in [0.15, 0.2) is 0 Å². The molecular formula is C12H25N3. The number of nitrogens with zero attached hydrogens (tertiary/aromatic N) is 2. The second-order valence-electron chi connectivity index (χ2n) is 5.23. The zero-order valence-electron chi connectivity index (χ0n) is 9.99. The molecule has 2 fully saturated rings. The van der Waals surface area contributed by atoms with Gasteiger partial charge in [0.2, 0.25) is 0 Å². The molecule has 2 aliphatic rings. The first kappa shape index (κ1) is 11.4. The number of piperazine rings is 1. The minimum absolute atomic E-state index is 0.697. The Labute approximate surface area is 93.6 Å². The van der Waals surface area contributed by atoms with Crippen LogP contribution in [0.4, 0.5) is 0 Å². The van der Waals surface area contributed by atoms with Gasteiger partial charge in [-0.2, -0.15) is 0 Å². The quantitative estimate of drug-likeness (QED) is 0.745. The molecule has 15 heavy (non-hydrogen) atoms. The van der Waals surface area contributed by atoms with Crippen molar-refractivity contribution < 1.29 is 0 Å². The summed E-state index contributed by atoms with van der Waals surface area (Å²) in [6.45, 7) is 9.26. The van der Waals surface area contributed by atoms with E-state index in [4.69, 9.17) is 5.73 Å². The van der Waals surface area contributed by atoms with Crippen LogP contribution in [0.1, 0.15) is 26.2 Å². The van der Waals surface area contributed by atoms with Crippen LogP contribution in [0, 0.1) is 5.92 Å². The molecule has 1 heterocycles. The van der Waals surface area contributed by atoms with Gasteiger partial charge >= 0.3 is 0 Å². The zero-order valence-corrected chi connectivity index (χ0v) is 9.99. The SMILES string of the molecule is C[C@H]1CN(CC2CCC2)CCN1CCN. The first-order valence-electron chi connectivity index (χ1n) is 6.46. The lowest BCUT2D eigenvalue weighted by Gasteiger charge is -2.42. The number of hydrogen-bond acceptors (Lipinski definition) is 3. The van der Waals surface area contributed by atoms with Crippen LogP contribution in [0.5, 0.6) is 0 Å². The normalized spacial score (nSPS) is 30.4. The largest absolute Gasteiger partial charge is 0.329 e. The van der Waals surface area contributed by atoms with Crippen molar-refractivity contribution in [3.05, 3.63) is 0 Å². The van der Waals surface area contributed by atoms with Crippen LogP contribution >= 0.6 is 0 Å². The van der Waals surface area contributed by atoms with Gasteiger partial charge in [0.05, 0.1) is 0 Å². The van der Waals surface area contributed by atoms with Crippen LogP contribution < -0.4 is 5.73 Å². The van der Waals surface area contributed by atoms with E-state index in [1.807, 2.05) is 0 Å². The van der Waals surface area contributed by atoms with Crippen LogP contribution in [-0.4, -0.2) is 55.1 Å². The van der Waals surface area contributed by atoms with Crippen molar-refractivity contribution in [1.82, 2.24) is 9.80 Å². The monoisotopic (exact) mass is 211 g/mol. The van der Waals surface area contributed by atoms with Gasteiger partial charge < -0.3 is 10.6 Å². The summed E-state index contributed by atoms with van der Waals surface area (Å²) >= 11 is 0. The summed E-state index contributed by atoms with van der Waals surface area (Å²) in [6, 6.07) is 0.697. The third kappa shape index (κ3) is 2.92. The maximum Gasteiger partial charge on any atom is 0.0195 e. The first-order chi connectivity index (χ1) is 7.29. The molecule has 0 aromatic rings. The fourth-order valence-electron chi connectivity index (χ4n) is 2.78. The second-order valence-corrected chi connectivity index (χ2v) is 5.23. The molecule has 0 aromatic carbocycles. The fraction of sp³-hybridized carbons (Fsp3) is 1.00. The molecule has 1 atom stereocenters. The van der Waals surface area contributed by atoms with Crippen LogP contribution in [0.3, 0.4) is 0 Å². The van der Waals surface area contributed by atoms with E-state index in [0.717, 1.165) is 19.0 Å². The van der Waals surface area contributed by atoms with Crippen molar-refractivity contribution in [2.24, 2.45) is 11.7 Å². The van der Waals surface area contributed by atoms with Crippen molar-refractivity contribution in [3.8, 4) is 0 Å². The van der Waals surface area contributed by atoms with E-state index in [9.17, 15) is 0 Å². The Bertz CT molecular complexity index is 191. The Hall–Kier alpha value is -0.120. The Morgan fingerprint density at radius 3 is 2.60 bits per heavy atom. The summed E-state index contributed by atoms with van der Waals surface area (Å²) in [6.07, 6.45) is 4.40. The van der Waals surface area contributed by atoms with Crippen molar-refractivity contribution in [3.63, 3.8) is 0 Å². The molecule has 2 rings (SSSR count). The van der Waals surface area contributed by atoms with E-state index in [0.29, 0.717) is 6.04 Å². The Kier molecular flexibility index (Phi) is 4.00. The Balaban J connectivity index is 1.72. The molecule has 0 unspecified atom stereocenters. The molecule has 0 spiro atoms. The fourth-order valence-corrected chi connectivity index (χ4v) is 2.78. The van der Waals surface area contributed by atoms with E-state index in [1.54, 1.807) is 0 Å². The van der Waals surface area contributed by atoms with E-state index >= 15 is 0 Å². The van der Waals surface area contributed by atoms with Gasteiger partial charge in [0, 0.05) is 45.3 Å². The number of nitrogens with two attached hydrogens (primary N) is 1. The van der Waals surface area contributed by atoms with Gasteiger partial charge in [-0.05, 0) is 25.7 Å². The van der Waals surface area contributed by atoms with Crippen LogP contribution in [0.25, 0.3) is 0 Å². The highest BCUT2D eigenvalue weighted by atomic mass is 15.3. The third-order valence-corrected chi connectivity index (χ3v) is 4.01. The van der Waals surface area contributed by atoms with E-state index in [2.05, 4.69) is 16.7 Å². The van der Waals surface area contributed by atoms with Gasteiger partial charge in [-0.25, -0.2) is 0 Å². The third-order valence-electron chi connectivity index (χ3n) is 4.01. The summed E-state index contributed by atoms with van der Waals surface area (Å²) in [5, 5.41) is 0. The molecule has 1 aliphatic carbocycles. The van der Waals surface area contributed by atoms with E-state index < -0.39 is 0 Å². The average molecular weight is 211 g/mol. The van der Waals surface area contributed by atoms with Crippen molar-refractivity contribution >= 4 is 0 Å². The summed E-state index contributed by atoms with van der Waals surface area (Å²) in [5.74, 6) is 1.01. The molecular weight excluding hydrogens is 186 g/mol. The molecule has 0 aromatic heterocycles. The van der Waals surface area contributed by atoms with Gasteiger partial charge in [0.1, 0.15) is 0 Å². The maximum absolute atomic E-state index is 5.61. The number of rotatable bonds is 4. The molecule has 3 heteroatoms. The van der Waals surface area contributed by atoms with Gasteiger partial charge in [0.25, 0.3) is 0 Å². The highest BCUT2D eigenvalue weighted by Crippen LogP contribution is 2.27. The van der Waals surface area contributed by atoms with E-state index in [1.165, 1.54) is 45.4 Å². The maximum atomic E-state index is 5.61. The molecule has 0 bridgehead atoms. The van der Waals surface area contributed by atoms with E-state index in [-0.39, 0.29) is 0 Å². The van der Waals surface area contributed by atoms with Gasteiger partial charge in [-0.1, -0.05) is 6.42 Å². The average Bonchev–Trinajstić information content (AvgIpc) is 2.16. The highest BCUT2D eigenvalue weighted by molar-refractivity contribution is 4.82. The van der Waals surface area contributed by atoms with Crippen LogP contribution in [0.2, 0.25) is 0 Å². The second kappa shape index (κ2) is 5.28. The van der Waals surface area contributed by atoms with Crippen molar-refractivity contribution in [1.29, 1.82) is 0 Å². The standard InChI is InChI=1S/C12H25N3/c1-11-9-14(10-12-3-2-4-12)7-8-15(11)6-5-13/h11-12H,2-10,13H2,1H3/t11-/m0/s1. The summed E-state index contributed by atoms with van der Waals surface area (Å²) in [4.78, 5) is 5.18. The minimum atomic E-state index is 0.697. The summed E-state index contributed by atoms with van der Waals surface area (Å²) < 4.78 is 0. The number of hydrogen-bond donors (Lipinski definition) is 1. The summed E-state index contributed by atoms with van der Waals surface area (Å²) in [7, 11) is 0. The lowest BCUT2D eigenvalue weighted by atomic mass is 9.85. The molecule has 1 saturated heterocycles. The van der Waals surface area contributed by atoms with Crippen LogP contribution in [-0.2, 0) is 0 Å². The Morgan fingerprint density at radius 1 is 1.27 bits per heavy atom. The molecule has 1 aliphatic heterocycles. The minimum Gasteiger partial charge on any atom is -0.329 e. The highest BCUT2D eigenvalue weighted by Gasteiger charge is 2.26. The molecule has 0 amide bonds. The van der Waals surface area contributed by atoms with Crippen molar-refractivity contribution in [2.45, 2.75) is 32.2 Å². The molecule has 0 radical (unpaired) electrons. The molecule has 3 nitrogen and oxygen atoms in total. The predicted octanol–water partition coefficient (Wildman–Crippen LogP) is 0.751. The topological polar surface area (TPSA) is 32.5 Å². The lowest BCUT2D eigenvalue weighted by molar-refractivity contribution is 0.0644. The predicted molar refractivity (Wildman–Crippen MR) is 63.9 cm³/mol. The summed E-state index contributed by atoms with van der Waals surface area (Å²) in [5.41, 5.74) is 5.61. The van der Waals surface area contributed by atoms with Gasteiger partial charge in [-0.15, -0.1) is 0 Å². The molecule has 1 saturated carbocycles.